The van der Waals surface area contributed by atoms with E-state index in [2.05, 4.69) is 27.7 Å². The van der Waals surface area contributed by atoms with Crippen molar-refractivity contribution in [1.29, 1.82) is 0 Å². The van der Waals surface area contributed by atoms with Crippen molar-refractivity contribution in [1.82, 2.24) is 0 Å². The van der Waals surface area contributed by atoms with E-state index in [9.17, 15) is 0 Å². The molecule has 0 spiro atoms. The van der Waals surface area contributed by atoms with Gasteiger partial charge >= 0.3 is 0 Å². The number of hydrogen-bond donors (Lipinski definition) is 0. The molecule has 0 heteroatoms. The summed E-state index contributed by atoms with van der Waals surface area (Å²) in [6.45, 7) is 9.66. The lowest BCUT2D eigenvalue weighted by Gasteiger charge is -2.41. The van der Waals surface area contributed by atoms with Crippen LogP contribution in [0.2, 0.25) is 0 Å². The molecule has 1 rings (SSSR count). The maximum Gasteiger partial charge on any atom is -0.0358 e. The molecule has 0 nitrogen and oxygen atoms in total. The maximum absolute atomic E-state index is 2.52. The molecule has 0 N–H and O–H groups in total. The number of hydrogen-bond acceptors (Lipinski definition) is 0. The molecule has 0 heterocycles. The van der Waals surface area contributed by atoms with Crippen molar-refractivity contribution in [2.24, 2.45) is 23.7 Å². The predicted octanol–water partition coefficient (Wildman–Crippen LogP) is 5.67. The highest BCUT2D eigenvalue weighted by atomic mass is 14.4. The van der Waals surface area contributed by atoms with Crippen LogP contribution in [0.25, 0.3) is 0 Å². The second-order valence-corrected chi connectivity index (χ2v) is 6.12. The maximum atomic E-state index is 2.52. The molecular formula is C16H32. The summed E-state index contributed by atoms with van der Waals surface area (Å²) in [4.78, 5) is 0. The van der Waals surface area contributed by atoms with E-state index in [4.69, 9.17) is 0 Å². The summed E-state index contributed by atoms with van der Waals surface area (Å²) in [6.07, 6.45) is 11.6. The van der Waals surface area contributed by atoms with Gasteiger partial charge < -0.3 is 0 Å². The first-order valence-electron chi connectivity index (χ1n) is 7.70. The topological polar surface area (TPSA) is 0 Å². The van der Waals surface area contributed by atoms with Crippen molar-refractivity contribution in [3.63, 3.8) is 0 Å². The van der Waals surface area contributed by atoms with Crippen molar-refractivity contribution in [2.75, 3.05) is 0 Å². The molecule has 0 aromatic rings. The zero-order chi connectivity index (χ0) is 12.0. The molecule has 4 unspecified atom stereocenters. The summed E-state index contributed by atoms with van der Waals surface area (Å²) in [5.41, 5.74) is 0. The average molecular weight is 224 g/mol. The van der Waals surface area contributed by atoms with Gasteiger partial charge in [0.25, 0.3) is 0 Å². The first kappa shape index (κ1) is 14.1. The third-order valence-corrected chi connectivity index (χ3v) is 4.97. The van der Waals surface area contributed by atoms with E-state index in [0.29, 0.717) is 0 Å². The molecule has 0 radical (unpaired) electrons. The van der Waals surface area contributed by atoms with Gasteiger partial charge in [-0.25, -0.2) is 0 Å². The third-order valence-electron chi connectivity index (χ3n) is 4.97. The molecule has 1 saturated carbocycles. The molecule has 0 aliphatic heterocycles. The second kappa shape index (κ2) is 7.35. The fraction of sp³-hybridized carbons (Fsp3) is 1.00. The number of unbranched alkanes of at least 4 members (excludes halogenated alkanes) is 2. The van der Waals surface area contributed by atoms with Gasteiger partial charge in [-0.1, -0.05) is 66.2 Å². The second-order valence-electron chi connectivity index (χ2n) is 6.12. The number of rotatable bonds is 6. The lowest BCUT2D eigenvalue weighted by atomic mass is 9.65. The Kier molecular flexibility index (Phi) is 6.46. The van der Waals surface area contributed by atoms with Crippen LogP contribution >= 0.6 is 0 Å². The van der Waals surface area contributed by atoms with Crippen LogP contribution in [-0.4, -0.2) is 0 Å². The average Bonchev–Trinajstić information content (AvgIpc) is 2.28. The summed E-state index contributed by atoms with van der Waals surface area (Å²) < 4.78 is 0. The van der Waals surface area contributed by atoms with Gasteiger partial charge in [-0.05, 0) is 36.5 Å². The van der Waals surface area contributed by atoms with E-state index in [1.54, 1.807) is 0 Å². The Labute approximate surface area is 103 Å². The highest BCUT2D eigenvalue weighted by molar-refractivity contribution is 4.83. The highest BCUT2D eigenvalue weighted by Gasteiger charge is 2.33. The van der Waals surface area contributed by atoms with Crippen LogP contribution in [0.3, 0.4) is 0 Å². The van der Waals surface area contributed by atoms with Gasteiger partial charge in [-0.15, -0.1) is 0 Å². The fourth-order valence-corrected chi connectivity index (χ4v) is 3.66. The van der Waals surface area contributed by atoms with Crippen molar-refractivity contribution in [2.45, 2.75) is 79.1 Å². The standard InChI is InChI=1S/C16H32/c1-5-7-8-10-16-14(4)13(3)11-12-15(16)9-6-2/h13-16H,5-12H2,1-4H3. The Hall–Kier alpha value is 0. The zero-order valence-corrected chi connectivity index (χ0v) is 12.0. The van der Waals surface area contributed by atoms with E-state index in [0.717, 1.165) is 23.7 Å². The van der Waals surface area contributed by atoms with Gasteiger partial charge in [-0.3, -0.25) is 0 Å². The molecule has 0 saturated heterocycles. The summed E-state index contributed by atoms with van der Waals surface area (Å²) in [7, 11) is 0. The van der Waals surface area contributed by atoms with E-state index in [1.807, 2.05) is 0 Å². The van der Waals surface area contributed by atoms with Crippen LogP contribution in [0.15, 0.2) is 0 Å². The predicted molar refractivity (Wildman–Crippen MR) is 73.6 cm³/mol. The molecular weight excluding hydrogens is 192 g/mol. The van der Waals surface area contributed by atoms with Crippen molar-refractivity contribution >= 4 is 0 Å². The van der Waals surface area contributed by atoms with Gasteiger partial charge in [0.15, 0.2) is 0 Å². The van der Waals surface area contributed by atoms with E-state index >= 15 is 0 Å². The van der Waals surface area contributed by atoms with E-state index in [1.165, 1.54) is 51.4 Å². The van der Waals surface area contributed by atoms with Crippen LogP contribution in [0.1, 0.15) is 79.1 Å². The Bertz CT molecular complexity index is 173. The Morgan fingerprint density at radius 1 is 0.875 bits per heavy atom. The monoisotopic (exact) mass is 224 g/mol. The van der Waals surface area contributed by atoms with Gasteiger partial charge in [0, 0.05) is 0 Å². The van der Waals surface area contributed by atoms with Crippen molar-refractivity contribution in [3.8, 4) is 0 Å². The highest BCUT2D eigenvalue weighted by Crippen LogP contribution is 2.43. The van der Waals surface area contributed by atoms with Crippen LogP contribution in [-0.2, 0) is 0 Å². The first-order chi connectivity index (χ1) is 7.70. The molecule has 1 fully saturated rings. The molecule has 0 aromatic carbocycles. The van der Waals surface area contributed by atoms with Crippen molar-refractivity contribution < 1.29 is 0 Å². The fourth-order valence-electron chi connectivity index (χ4n) is 3.66. The van der Waals surface area contributed by atoms with Gasteiger partial charge in [0.05, 0.1) is 0 Å². The molecule has 0 amide bonds. The minimum Gasteiger partial charge on any atom is -0.0654 e. The van der Waals surface area contributed by atoms with E-state index < -0.39 is 0 Å². The van der Waals surface area contributed by atoms with Gasteiger partial charge in [0.2, 0.25) is 0 Å². The summed E-state index contributed by atoms with van der Waals surface area (Å²) in [5.74, 6) is 4.03. The van der Waals surface area contributed by atoms with Gasteiger partial charge in [-0.2, -0.15) is 0 Å². The minimum atomic E-state index is 0.972. The Balaban J connectivity index is 2.48. The summed E-state index contributed by atoms with van der Waals surface area (Å²) in [5, 5.41) is 0. The van der Waals surface area contributed by atoms with Crippen LogP contribution in [0.4, 0.5) is 0 Å². The molecule has 0 bridgehead atoms. The quantitative estimate of drug-likeness (QED) is 0.510. The zero-order valence-electron chi connectivity index (χ0n) is 12.0. The molecule has 16 heavy (non-hydrogen) atoms. The summed E-state index contributed by atoms with van der Waals surface area (Å²) >= 11 is 0. The molecule has 1 aliphatic carbocycles. The van der Waals surface area contributed by atoms with Gasteiger partial charge in [0.1, 0.15) is 0 Å². The van der Waals surface area contributed by atoms with Crippen LogP contribution in [0.5, 0.6) is 0 Å². The lowest BCUT2D eigenvalue weighted by Crippen LogP contribution is -2.31. The SMILES string of the molecule is CCCCCC1C(CCC)CCC(C)C1C. The van der Waals surface area contributed by atoms with Crippen LogP contribution in [0, 0.1) is 23.7 Å². The Morgan fingerprint density at radius 3 is 2.25 bits per heavy atom. The smallest absolute Gasteiger partial charge is 0.0358 e. The minimum absolute atomic E-state index is 0.972. The van der Waals surface area contributed by atoms with E-state index in [-0.39, 0.29) is 0 Å². The molecule has 1 aliphatic rings. The summed E-state index contributed by atoms with van der Waals surface area (Å²) in [6, 6.07) is 0. The largest absolute Gasteiger partial charge is 0.0654 e. The molecule has 96 valence electrons. The third kappa shape index (κ3) is 3.79. The Morgan fingerprint density at radius 2 is 1.62 bits per heavy atom. The van der Waals surface area contributed by atoms with Crippen LogP contribution < -0.4 is 0 Å². The molecule has 0 aromatic heterocycles. The van der Waals surface area contributed by atoms with Crippen molar-refractivity contribution in [3.05, 3.63) is 0 Å². The first-order valence-corrected chi connectivity index (χ1v) is 7.70. The normalized spacial score (nSPS) is 35.2. The molecule has 4 atom stereocenters. The lowest BCUT2D eigenvalue weighted by molar-refractivity contribution is 0.0946.